The Morgan fingerprint density at radius 1 is 1.27 bits per heavy atom. The molecule has 0 bridgehead atoms. The lowest BCUT2D eigenvalue weighted by Gasteiger charge is -2.13. The summed E-state index contributed by atoms with van der Waals surface area (Å²) >= 11 is 0. The number of benzene rings is 2. The topological polar surface area (TPSA) is 70.9 Å². The Hall–Kier alpha value is -2.82. The van der Waals surface area contributed by atoms with Crippen molar-refractivity contribution in [2.45, 2.75) is 20.0 Å². The summed E-state index contributed by atoms with van der Waals surface area (Å²) in [7, 11) is 0. The number of hydrazone groups is 1. The van der Waals surface area contributed by atoms with Crippen molar-refractivity contribution in [2.75, 3.05) is 0 Å². The van der Waals surface area contributed by atoms with Crippen LogP contribution in [0.4, 0.5) is 0 Å². The molecule has 2 aromatic rings. The van der Waals surface area contributed by atoms with Gasteiger partial charge in [-0.3, -0.25) is 4.79 Å². The quantitative estimate of drug-likeness (QED) is 0.658. The molecule has 2 rings (SSSR count). The van der Waals surface area contributed by atoms with E-state index in [4.69, 9.17) is 4.74 Å². The van der Waals surface area contributed by atoms with Crippen molar-refractivity contribution >= 4 is 12.1 Å². The van der Waals surface area contributed by atoms with E-state index < -0.39 is 6.10 Å². The molecule has 0 aliphatic rings. The fourth-order valence-corrected chi connectivity index (χ4v) is 1.77. The molecule has 0 saturated carbocycles. The average molecular weight is 298 g/mol. The Labute approximate surface area is 129 Å². The van der Waals surface area contributed by atoms with E-state index in [1.807, 2.05) is 25.1 Å². The van der Waals surface area contributed by atoms with E-state index in [0.717, 1.165) is 11.1 Å². The van der Waals surface area contributed by atoms with Crippen LogP contribution < -0.4 is 10.2 Å². The third-order valence-corrected chi connectivity index (χ3v) is 2.95. The van der Waals surface area contributed by atoms with E-state index in [1.165, 1.54) is 6.21 Å². The average Bonchev–Trinajstić information content (AvgIpc) is 2.49. The maximum atomic E-state index is 11.9. The van der Waals surface area contributed by atoms with Gasteiger partial charge in [-0.25, -0.2) is 5.43 Å². The molecule has 5 nitrogen and oxygen atoms in total. The molecule has 0 spiro atoms. The van der Waals surface area contributed by atoms with Gasteiger partial charge in [-0.2, -0.15) is 5.10 Å². The minimum Gasteiger partial charge on any atom is -0.508 e. The fourth-order valence-electron chi connectivity index (χ4n) is 1.77. The lowest BCUT2D eigenvalue weighted by atomic mass is 10.2. The van der Waals surface area contributed by atoms with Crippen molar-refractivity contribution in [3.63, 3.8) is 0 Å². The summed E-state index contributed by atoms with van der Waals surface area (Å²) in [6.07, 6.45) is 0.843. The summed E-state index contributed by atoms with van der Waals surface area (Å²) in [4.78, 5) is 11.9. The molecule has 1 amide bonds. The van der Waals surface area contributed by atoms with Crippen molar-refractivity contribution in [1.29, 1.82) is 0 Å². The highest BCUT2D eigenvalue weighted by molar-refractivity contribution is 5.84. The molecule has 1 atom stereocenters. The van der Waals surface area contributed by atoms with Gasteiger partial charge in [0, 0.05) is 0 Å². The summed E-state index contributed by atoms with van der Waals surface area (Å²) in [6, 6.07) is 14.0. The molecule has 2 N–H and O–H groups in total. The van der Waals surface area contributed by atoms with Crippen molar-refractivity contribution in [3.8, 4) is 11.5 Å². The van der Waals surface area contributed by atoms with E-state index in [1.54, 1.807) is 37.3 Å². The van der Waals surface area contributed by atoms with Crippen molar-refractivity contribution < 1.29 is 14.6 Å². The van der Waals surface area contributed by atoms with Crippen LogP contribution in [-0.2, 0) is 4.79 Å². The molecule has 0 unspecified atom stereocenters. The van der Waals surface area contributed by atoms with E-state index in [-0.39, 0.29) is 11.7 Å². The van der Waals surface area contributed by atoms with Crippen LogP contribution >= 0.6 is 0 Å². The number of hydrogen-bond acceptors (Lipinski definition) is 4. The first-order chi connectivity index (χ1) is 10.5. The highest BCUT2D eigenvalue weighted by Gasteiger charge is 2.13. The minimum atomic E-state index is -0.654. The number of aromatic hydroxyl groups is 1. The van der Waals surface area contributed by atoms with Crippen LogP contribution in [0, 0.1) is 6.92 Å². The Kier molecular flexibility index (Phi) is 5.14. The van der Waals surface area contributed by atoms with Gasteiger partial charge >= 0.3 is 0 Å². The predicted octanol–water partition coefficient (Wildman–Crippen LogP) is 2.62. The SMILES string of the molecule is Cc1cccc(O[C@@H](C)C(=O)N/N=C\c2ccc(O)cc2)c1. The van der Waals surface area contributed by atoms with Crippen molar-refractivity contribution in [3.05, 3.63) is 59.7 Å². The van der Waals surface area contributed by atoms with Crippen LogP contribution in [0.15, 0.2) is 53.6 Å². The predicted molar refractivity (Wildman–Crippen MR) is 85.1 cm³/mol. The Bertz CT molecular complexity index is 666. The first-order valence-electron chi connectivity index (χ1n) is 6.90. The van der Waals surface area contributed by atoms with Crippen LogP contribution in [0.25, 0.3) is 0 Å². The summed E-state index contributed by atoms with van der Waals surface area (Å²) in [5.74, 6) is 0.489. The largest absolute Gasteiger partial charge is 0.508 e. The van der Waals surface area contributed by atoms with Gasteiger partial charge < -0.3 is 9.84 Å². The van der Waals surface area contributed by atoms with Crippen LogP contribution in [0.2, 0.25) is 0 Å². The molecule has 2 aromatic carbocycles. The maximum Gasteiger partial charge on any atom is 0.280 e. The Morgan fingerprint density at radius 3 is 2.68 bits per heavy atom. The van der Waals surface area contributed by atoms with Gasteiger partial charge in [-0.1, -0.05) is 12.1 Å². The van der Waals surface area contributed by atoms with Gasteiger partial charge in [-0.05, 0) is 61.4 Å². The number of aryl methyl sites for hydroxylation is 1. The van der Waals surface area contributed by atoms with E-state index in [9.17, 15) is 9.90 Å². The van der Waals surface area contributed by atoms with Crippen LogP contribution in [-0.4, -0.2) is 23.3 Å². The van der Waals surface area contributed by atoms with Gasteiger partial charge in [-0.15, -0.1) is 0 Å². The summed E-state index contributed by atoms with van der Waals surface area (Å²) in [5.41, 5.74) is 4.26. The lowest BCUT2D eigenvalue weighted by molar-refractivity contribution is -0.127. The minimum absolute atomic E-state index is 0.182. The molecular weight excluding hydrogens is 280 g/mol. The van der Waals surface area contributed by atoms with Crippen LogP contribution in [0.3, 0.4) is 0 Å². The molecule has 0 aliphatic carbocycles. The number of hydrogen-bond donors (Lipinski definition) is 2. The third-order valence-electron chi connectivity index (χ3n) is 2.95. The highest BCUT2D eigenvalue weighted by Crippen LogP contribution is 2.14. The van der Waals surface area contributed by atoms with Crippen molar-refractivity contribution in [2.24, 2.45) is 5.10 Å². The van der Waals surface area contributed by atoms with Gasteiger partial charge in [0.15, 0.2) is 6.10 Å². The molecule has 0 radical (unpaired) electrons. The number of nitrogens with zero attached hydrogens (tertiary/aromatic N) is 1. The van der Waals surface area contributed by atoms with Gasteiger partial charge in [0.1, 0.15) is 11.5 Å². The zero-order chi connectivity index (χ0) is 15.9. The summed E-state index contributed by atoms with van der Waals surface area (Å²) in [6.45, 7) is 3.62. The second-order valence-electron chi connectivity index (χ2n) is 4.90. The molecule has 0 heterocycles. The van der Waals surface area contributed by atoms with E-state index in [0.29, 0.717) is 5.75 Å². The molecule has 5 heteroatoms. The number of nitrogens with one attached hydrogen (secondary N) is 1. The zero-order valence-corrected chi connectivity index (χ0v) is 12.5. The Morgan fingerprint density at radius 2 is 2.00 bits per heavy atom. The molecule has 0 saturated heterocycles. The number of ether oxygens (including phenoxy) is 1. The lowest BCUT2D eigenvalue weighted by Crippen LogP contribution is -2.33. The number of carbonyl (C=O) groups excluding carboxylic acids is 1. The third kappa shape index (κ3) is 4.63. The van der Waals surface area contributed by atoms with Gasteiger partial charge in [0.2, 0.25) is 0 Å². The van der Waals surface area contributed by atoms with Crippen LogP contribution in [0.5, 0.6) is 11.5 Å². The Balaban J connectivity index is 1.87. The second-order valence-corrected chi connectivity index (χ2v) is 4.90. The normalized spacial score (nSPS) is 12.1. The molecular formula is C17H18N2O3. The first kappa shape index (κ1) is 15.6. The fraction of sp³-hybridized carbons (Fsp3) is 0.176. The summed E-state index contributed by atoms with van der Waals surface area (Å²) < 4.78 is 5.56. The number of phenols is 1. The molecule has 0 fully saturated rings. The smallest absolute Gasteiger partial charge is 0.280 e. The number of phenolic OH excluding ortho intramolecular Hbond substituents is 1. The summed E-state index contributed by atoms with van der Waals surface area (Å²) in [5, 5.41) is 13.0. The van der Waals surface area contributed by atoms with Crippen molar-refractivity contribution in [1.82, 2.24) is 5.43 Å². The second kappa shape index (κ2) is 7.26. The van der Waals surface area contributed by atoms with Crippen LogP contribution in [0.1, 0.15) is 18.1 Å². The molecule has 0 aromatic heterocycles. The first-order valence-corrected chi connectivity index (χ1v) is 6.90. The van der Waals surface area contributed by atoms with E-state index >= 15 is 0 Å². The van der Waals surface area contributed by atoms with E-state index in [2.05, 4.69) is 10.5 Å². The number of carbonyl (C=O) groups is 1. The highest BCUT2D eigenvalue weighted by atomic mass is 16.5. The molecule has 114 valence electrons. The molecule has 22 heavy (non-hydrogen) atoms. The van der Waals surface area contributed by atoms with Gasteiger partial charge in [0.05, 0.1) is 6.21 Å². The maximum absolute atomic E-state index is 11.9. The standard InChI is InChI=1S/C17H18N2O3/c1-12-4-3-5-16(10-12)22-13(2)17(21)19-18-11-14-6-8-15(20)9-7-14/h3-11,13,20H,1-2H3,(H,19,21)/b18-11-/t13-/m0/s1. The molecule has 0 aliphatic heterocycles. The zero-order valence-electron chi connectivity index (χ0n) is 12.5. The number of rotatable bonds is 5. The monoisotopic (exact) mass is 298 g/mol. The number of amides is 1. The van der Waals surface area contributed by atoms with Gasteiger partial charge in [0.25, 0.3) is 5.91 Å².